The number of benzene rings is 1. The molecule has 6 nitrogen and oxygen atoms in total. The van der Waals surface area contributed by atoms with Crippen molar-refractivity contribution < 1.29 is 9.53 Å². The van der Waals surface area contributed by atoms with Crippen molar-refractivity contribution in [2.24, 2.45) is 0 Å². The fraction of sp³-hybridized carbons (Fsp3) is 0.353. The highest BCUT2D eigenvalue weighted by atomic mass is 16.5. The Bertz CT molecular complexity index is 679. The monoisotopic (exact) mass is 312 g/mol. The Morgan fingerprint density at radius 1 is 1.09 bits per heavy atom. The topological polar surface area (TPSA) is 58.6 Å². The van der Waals surface area contributed by atoms with Gasteiger partial charge in [-0.05, 0) is 19.1 Å². The third-order valence-electron chi connectivity index (χ3n) is 3.99. The number of aromatic nitrogens is 2. The summed E-state index contributed by atoms with van der Waals surface area (Å²) >= 11 is 0. The normalized spacial score (nSPS) is 14.7. The molecule has 1 aliphatic heterocycles. The molecule has 0 bridgehead atoms. The minimum absolute atomic E-state index is 0.0582. The minimum Gasteiger partial charge on any atom is -0.495 e. The molecular weight excluding hydrogens is 292 g/mol. The van der Waals surface area contributed by atoms with E-state index in [0.717, 1.165) is 30.2 Å². The number of aryl methyl sites for hydroxylation is 1. The molecule has 23 heavy (non-hydrogen) atoms. The van der Waals surface area contributed by atoms with Gasteiger partial charge in [0.2, 0.25) is 0 Å². The molecular formula is C17H20N4O2. The van der Waals surface area contributed by atoms with Gasteiger partial charge in [0.1, 0.15) is 11.4 Å². The second-order valence-corrected chi connectivity index (χ2v) is 5.49. The van der Waals surface area contributed by atoms with Crippen molar-refractivity contribution >= 4 is 11.6 Å². The largest absolute Gasteiger partial charge is 0.495 e. The van der Waals surface area contributed by atoms with E-state index in [1.54, 1.807) is 19.5 Å². The molecule has 1 amide bonds. The van der Waals surface area contributed by atoms with Gasteiger partial charge in [-0.25, -0.2) is 4.98 Å². The van der Waals surface area contributed by atoms with E-state index in [-0.39, 0.29) is 5.91 Å². The number of piperazine rings is 1. The molecule has 1 aliphatic rings. The summed E-state index contributed by atoms with van der Waals surface area (Å²) in [5.41, 5.74) is 2.28. The standard InChI is InChI=1S/C17H20N4O2/c1-13-11-19-14(12-18-13)17(22)21-9-7-20(8-10-21)15-5-3-4-6-16(15)23-2/h3-6,11-12H,7-10H2,1-2H3. The van der Waals surface area contributed by atoms with Crippen LogP contribution in [0.4, 0.5) is 5.69 Å². The van der Waals surface area contributed by atoms with Gasteiger partial charge in [0.25, 0.3) is 5.91 Å². The molecule has 0 unspecified atom stereocenters. The molecule has 1 aromatic heterocycles. The summed E-state index contributed by atoms with van der Waals surface area (Å²) in [6, 6.07) is 7.95. The van der Waals surface area contributed by atoms with E-state index in [4.69, 9.17) is 4.74 Å². The molecule has 2 aromatic rings. The zero-order chi connectivity index (χ0) is 16.2. The highest BCUT2D eigenvalue weighted by Crippen LogP contribution is 2.28. The van der Waals surface area contributed by atoms with Crippen LogP contribution in [0, 0.1) is 6.92 Å². The molecule has 0 saturated carbocycles. The molecule has 6 heteroatoms. The van der Waals surface area contributed by atoms with E-state index in [9.17, 15) is 4.79 Å². The van der Waals surface area contributed by atoms with E-state index in [2.05, 4.69) is 14.9 Å². The van der Waals surface area contributed by atoms with Crippen LogP contribution in [-0.4, -0.2) is 54.1 Å². The molecule has 1 fully saturated rings. The first-order valence-electron chi connectivity index (χ1n) is 7.65. The maximum Gasteiger partial charge on any atom is 0.274 e. The number of rotatable bonds is 3. The summed E-state index contributed by atoms with van der Waals surface area (Å²) in [5.74, 6) is 0.800. The van der Waals surface area contributed by atoms with Crippen LogP contribution < -0.4 is 9.64 Å². The van der Waals surface area contributed by atoms with Crippen LogP contribution in [0.2, 0.25) is 0 Å². The predicted molar refractivity (Wildman–Crippen MR) is 87.9 cm³/mol. The summed E-state index contributed by atoms with van der Waals surface area (Å²) in [5, 5.41) is 0. The summed E-state index contributed by atoms with van der Waals surface area (Å²) in [6.45, 7) is 4.71. The van der Waals surface area contributed by atoms with Crippen LogP contribution in [0.1, 0.15) is 16.2 Å². The lowest BCUT2D eigenvalue weighted by molar-refractivity contribution is 0.0740. The zero-order valence-electron chi connectivity index (χ0n) is 13.4. The Balaban J connectivity index is 1.66. The predicted octanol–water partition coefficient (Wildman–Crippen LogP) is 1.76. The van der Waals surface area contributed by atoms with Gasteiger partial charge >= 0.3 is 0 Å². The number of carbonyl (C=O) groups is 1. The summed E-state index contributed by atoms with van der Waals surface area (Å²) in [4.78, 5) is 24.8. The van der Waals surface area contributed by atoms with E-state index in [1.165, 1.54) is 0 Å². The van der Waals surface area contributed by atoms with Crippen molar-refractivity contribution in [3.05, 3.63) is 48.0 Å². The third-order valence-corrected chi connectivity index (χ3v) is 3.99. The van der Waals surface area contributed by atoms with Crippen LogP contribution in [-0.2, 0) is 0 Å². The number of ether oxygens (including phenoxy) is 1. The lowest BCUT2D eigenvalue weighted by atomic mass is 10.2. The number of hydrogen-bond acceptors (Lipinski definition) is 5. The van der Waals surface area contributed by atoms with Crippen LogP contribution in [0.15, 0.2) is 36.7 Å². The van der Waals surface area contributed by atoms with E-state index >= 15 is 0 Å². The highest BCUT2D eigenvalue weighted by molar-refractivity contribution is 5.92. The maximum atomic E-state index is 12.5. The van der Waals surface area contributed by atoms with Gasteiger partial charge in [-0.1, -0.05) is 12.1 Å². The van der Waals surface area contributed by atoms with Crippen molar-refractivity contribution in [3.63, 3.8) is 0 Å². The zero-order valence-corrected chi connectivity index (χ0v) is 13.4. The van der Waals surface area contributed by atoms with Crippen molar-refractivity contribution in [1.29, 1.82) is 0 Å². The number of para-hydroxylation sites is 2. The summed E-state index contributed by atoms with van der Waals surface area (Å²) in [7, 11) is 1.68. The number of nitrogens with zero attached hydrogens (tertiary/aromatic N) is 4. The van der Waals surface area contributed by atoms with Gasteiger partial charge < -0.3 is 14.5 Å². The maximum absolute atomic E-state index is 12.5. The molecule has 0 atom stereocenters. The quantitative estimate of drug-likeness (QED) is 0.864. The Labute approximate surface area is 135 Å². The lowest BCUT2D eigenvalue weighted by Gasteiger charge is -2.36. The van der Waals surface area contributed by atoms with Gasteiger partial charge in [-0.15, -0.1) is 0 Å². The summed E-state index contributed by atoms with van der Waals surface area (Å²) in [6.07, 6.45) is 3.17. The fourth-order valence-corrected chi connectivity index (χ4v) is 2.71. The van der Waals surface area contributed by atoms with Crippen molar-refractivity contribution in [2.75, 3.05) is 38.2 Å². The average molecular weight is 312 g/mol. The molecule has 0 radical (unpaired) electrons. The number of amides is 1. The van der Waals surface area contributed by atoms with Crippen LogP contribution >= 0.6 is 0 Å². The molecule has 0 N–H and O–H groups in total. The molecule has 3 rings (SSSR count). The number of hydrogen-bond donors (Lipinski definition) is 0. The van der Waals surface area contributed by atoms with E-state index in [1.807, 2.05) is 36.1 Å². The second kappa shape index (κ2) is 6.64. The molecule has 2 heterocycles. The van der Waals surface area contributed by atoms with Gasteiger partial charge in [0.15, 0.2) is 0 Å². The first-order valence-corrected chi connectivity index (χ1v) is 7.65. The first-order chi connectivity index (χ1) is 11.2. The van der Waals surface area contributed by atoms with E-state index in [0.29, 0.717) is 18.8 Å². The Kier molecular flexibility index (Phi) is 4.41. The van der Waals surface area contributed by atoms with Crippen LogP contribution in [0.25, 0.3) is 0 Å². The molecule has 0 aliphatic carbocycles. The van der Waals surface area contributed by atoms with Crippen LogP contribution in [0.5, 0.6) is 5.75 Å². The van der Waals surface area contributed by atoms with Crippen molar-refractivity contribution in [1.82, 2.24) is 14.9 Å². The van der Waals surface area contributed by atoms with Gasteiger partial charge in [0.05, 0.1) is 24.7 Å². The molecule has 1 aromatic carbocycles. The minimum atomic E-state index is -0.0582. The second-order valence-electron chi connectivity index (χ2n) is 5.49. The van der Waals surface area contributed by atoms with Crippen molar-refractivity contribution in [2.45, 2.75) is 6.92 Å². The molecule has 1 saturated heterocycles. The Morgan fingerprint density at radius 3 is 2.48 bits per heavy atom. The number of anilines is 1. The van der Waals surface area contributed by atoms with Crippen LogP contribution in [0.3, 0.4) is 0 Å². The van der Waals surface area contributed by atoms with Crippen molar-refractivity contribution in [3.8, 4) is 5.75 Å². The third kappa shape index (κ3) is 3.26. The molecule has 120 valence electrons. The lowest BCUT2D eigenvalue weighted by Crippen LogP contribution is -2.49. The average Bonchev–Trinajstić information content (AvgIpc) is 2.62. The Hall–Kier alpha value is -2.63. The fourth-order valence-electron chi connectivity index (χ4n) is 2.71. The molecule has 0 spiro atoms. The van der Waals surface area contributed by atoms with E-state index < -0.39 is 0 Å². The van der Waals surface area contributed by atoms with Gasteiger partial charge in [-0.2, -0.15) is 0 Å². The SMILES string of the molecule is COc1ccccc1N1CCN(C(=O)c2cnc(C)cn2)CC1. The number of carbonyl (C=O) groups excluding carboxylic acids is 1. The summed E-state index contributed by atoms with van der Waals surface area (Å²) < 4.78 is 5.41. The Morgan fingerprint density at radius 2 is 1.83 bits per heavy atom. The smallest absolute Gasteiger partial charge is 0.274 e. The highest BCUT2D eigenvalue weighted by Gasteiger charge is 2.24. The van der Waals surface area contributed by atoms with Gasteiger partial charge in [0, 0.05) is 32.4 Å². The first kappa shape index (κ1) is 15.3. The van der Waals surface area contributed by atoms with Gasteiger partial charge in [-0.3, -0.25) is 9.78 Å². The number of methoxy groups -OCH3 is 1.